The molecule has 30 heavy (non-hydrogen) atoms. The molecule has 1 saturated heterocycles. The smallest absolute Gasteiger partial charge is 0.168 e. The van der Waals surface area contributed by atoms with Crippen molar-refractivity contribution in [2.24, 2.45) is 11.8 Å². The molecule has 184 valence electrons. The average molecular weight is 469 g/mol. The van der Waals surface area contributed by atoms with Gasteiger partial charge in [-0.1, -0.05) is 67.4 Å². The molecule has 2 fully saturated rings. The lowest BCUT2D eigenvalue weighted by Gasteiger charge is -2.38. The Hall–Kier alpha value is 0.620. The summed E-state index contributed by atoms with van der Waals surface area (Å²) in [5.41, 5.74) is 0. The highest BCUT2D eigenvalue weighted by molar-refractivity contribution is 7.79. The summed E-state index contributed by atoms with van der Waals surface area (Å²) < 4.78 is 12.3. The minimum atomic E-state index is -0.229. The molecular weight excluding hydrogens is 415 g/mol. The Bertz CT molecular complexity index is 339. The number of aliphatic hydroxyl groups is 2. The molecule has 2 N–H and O–H groups in total. The predicted molar refractivity (Wildman–Crippen MR) is 137 cm³/mol. The summed E-state index contributed by atoms with van der Waals surface area (Å²) in [6.07, 6.45) is 17.2. The van der Waals surface area contributed by atoms with Crippen LogP contribution in [0.4, 0.5) is 0 Å². The molecule has 0 aromatic rings. The van der Waals surface area contributed by atoms with Crippen molar-refractivity contribution >= 4 is 21.2 Å². The zero-order valence-corrected chi connectivity index (χ0v) is 22.7. The van der Waals surface area contributed by atoms with Gasteiger partial charge in [-0.15, -0.1) is 0 Å². The second-order valence-electron chi connectivity index (χ2n) is 8.30. The summed E-state index contributed by atoms with van der Waals surface area (Å²) >= 11 is 3.53. The first-order valence-electron chi connectivity index (χ1n) is 12.1. The number of rotatable bonds is 10. The third kappa shape index (κ3) is 16.3. The van der Waals surface area contributed by atoms with Crippen LogP contribution in [0, 0.1) is 11.8 Å². The maximum absolute atomic E-state index is 8.37. The molecular formula is C24H53O4PS. The zero-order valence-electron chi connectivity index (χ0n) is 20.8. The fourth-order valence-electron chi connectivity index (χ4n) is 4.08. The first kappa shape index (κ1) is 32.8. The minimum absolute atomic E-state index is 0.0880. The van der Waals surface area contributed by atoms with Crippen molar-refractivity contribution in [2.75, 3.05) is 33.2 Å². The van der Waals surface area contributed by atoms with E-state index in [1.807, 2.05) is 6.66 Å². The molecule has 0 aromatic carbocycles. The molecule has 0 radical (unpaired) electrons. The Morgan fingerprint density at radius 1 is 1.00 bits per heavy atom. The van der Waals surface area contributed by atoms with Crippen LogP contribution in [0.1, 0.15) is 97.8 Å². The van der Waals surface area contributed by atoms with Crippen molar-refractivity contribution < 1.29 is 19.7 Å². The van der Waals surface area contributed by atoms with E-state index in [1.54, 1.807) is 13.2 Å². The van der Waals surface area contributed by atoms with Crippen molar-refractivity contribution in [2.45, 2.75) is 109 Å². The molecule has 4 unspecified atom stereocenters. The molecule has 0 amide bonds. The van der Waals surface area contributed by atoms with E-state index in [2.05, 4.69) is 26.5 Å². The van der Waals surface area contributed by atoms with Gasteiger partial charge in [0.1, 0.15) is 0 Å². The van der Waals surface area contributed by atoms with E-state index in [-0.39, 0.29) is 11.6 Å². The van der Waals surface area contributed by atoms with Gasteiger partial charge in [0.15, 0.2) is 5.79 Å². The van der Waals surface area contributed by atoms with Crippen molar-refractivity contribution in [1.82, 2.24) is 0 Å². The standard InChI is InChI=1S/C19H36O2.C3H9OP.CH4O.CH4S/c1-3-4-5-6-7-13-19(20-15-9-16-21-19)14-12-18-11-8-10-17(18)2;1-3(4)5-2;2*1-2/h17-18H,3-16H2,1-2H3;3-5H,1-2H3;2*2H,1H3. The fourth-order valence-corrected chi connectivity index (χ4v) is 4.08. The van der Waals surface area contributed by atoms with Crippen LogP contribution in [0.25, 0.3) is 0 Å². The van der Waals surface area contributed by atoms with E-state index < -0.39 is 0 Å². The molecule has 1 saturated carbocycles. The Balaban J connectivity index is 0. The summed E-state index contributed by atoms with van der Waals surface area (Å²) in [6, 6.07) is 0. The van der Waals surface area contributed by atoms with Crippen molar-refractivity contribution in [3.05, 3.63) is 0 Å². The maximum atomic E-state index is 8.37. The van der Waals surface area contributed by atoms with Crippen molar-refractivity contribution in [3.63, 3.8) is 0 Å². The van der Waals surface area contributed by atoms with Gasteiger partial charge < -0.3 is 19.7 Å². The highest BCUT2D eigenvalue weighted by Crippen LogP contribution is 2.38. The summed E-state index contributed by atoms with van der Waals surface area (Å²) in [6.45, 7) is 10.3. The van der Waals surface area contributed by atoms with Gasteiger partial charge in [-0.25, -0.2) is 0 Å². The number of thiol groups is 1. The fraction of sp³-hybridized carbons (Fsp3) is 1.00. The SMILES string of the molecule is CCCCCCCC1(CCC2CCCC2C)OCCCO1.CO.CPC(C)O.CS. The third-order valence-corrected chi connectivity index (χ3v) is 6.87. The lowest BCUT2D eigenvalue weighted by molar-refractivity contribution is -0.275. The Labute approximate surface area is 195 Å². The highest BCUT2D eigenvalue weighted by Gasteiger charge is 2.35. The van der Waals surface area contributed by atoms with Crippen LogP contribution in [0.5, 0.6) is 0 Å². The molecule has 2 aliphatic rings. The second-order valence-corrected chi connectivity index (χ2v) is 9.71. The number of aliphatic hydroxyl groups excluding tert-OH is 2. The largest absolute Gasteiger partial charge is 0.400 e. The van der Waals surface area contributed by atoms with Crippen LogP contribution < -0.4 is 0 Å². The average Bonchev–Trinajstić information content (AvgIpc) is 3.21. The monoisotopic (exact) mass is 468 g/mol. The van der Waals surface area contributed by atoms with Crippen LogP contribution in [-0.2, 0) is 9.47 Å². The molecule has 1 heterocycles. The topological polar surface area (TPSA) is 58.9 Å². The molecule has 2 rings (SSSR count). The zero-order chi connectivity index (χ0) is 23.3. The number of hydrogen-bond donors (Lipinski definition) is 3. The van der Waals surface area contributed by atoms with Crippen LogP contribution in [0.15, 0.2) is 0 Å². The van der Waals surface area contributed by atoms with Crippen LogP contribution in [-0.4, -0.2) is 55.1 Å². The summed E-state index contributed by atoms with van der Waals surface area (Å²) in [5, 5.41) is 15.4. The van der Waals surface area contributed by atoms with Gasteiger partial charge in [-0.05, 0) is 50.9 Å². The lowest BCUT2D eigenvalue weighted by Crippen LogP contribution is -2.41. The first-order chi connectivity index (χ1) is 14.5. The lowest BCUT2D eigenvalue weighted by atomic mass is 9.89. The van der Waals surface area contributed by atoms with E-state index in [1.165, 1.54) is 57.8 Å². The van der Waals surface area contributed by atoms with Crippen LogP contribution in [0.2, 0.25) is 0 Å². The normalized spacial score (nSPS) is 23.5. The van der Waals surface area contributed by atoms with Gasteiger partial charge in [0.2, 0.25) is 0 Å². The van der Waals surface area contributed by atoms with Crippen LogP contribution >= 0.6 is 21.2 Å². The predicted octanol–water partition coefficient (Wildman–Crippen LogP) is 6.48. The van der Waals surface area contributed by atoms with Crippen molar-refractivity contribution in [3.8, 4) is 0 Å². The van der Waals surface area contributed by atoms with Gasteiger partial charge in [0.25, 0.3) is 0 Å². The second kappa shape index (κ2) is 22.8. The van der Waals surface area contributed by atoms with Gasteiger partial charge in [0.05, 0.1) is 19.1 Å². The molecule has 1 aliphatic carbocycles. The van der Waals surface area contributed by atoms with E-state index in [0.717, 1.165) is 51.4 Å². The number of unbranched alkanes of at least 4 members (excludes halogenated alkanes) is 4. The van der Waals surface area contributed by atoms with E-state index in [9.17, 15) is 0 Å². The molecule has 4 nitrogen and oxygen atoms in total. The Morgan fingerprint density at radius 3 is 2.03 bits per heavy atom. The molecule has 1 aliphatic heterocycles. The molecule has 0 bridgehead atoms. The first-order valence-corrected chi connectivity index (χ1v) is 14.5. The number of ether oxygens (including phenoxy) is 2. The van der Waals surface area contributed by atoms with E-state index in [0.29, 0.717) is 8.58 Å². The minimum Gasteiger partial charge on any atom is -0.400 e. The summed E-state index contributed by atoms with van der Waals surface area (Å²) in [7, 11) is 1.67. The van der Waals surface area contributed by atoms with Gasteiger partial charge in [-0.3, -0.25) is 0 Å². The van der Waals surface area contributed by atoms with E-state index in [4.69, 9.17) is 19.7 Å². The Kier molecular flexibility index (Phi) is 24.9. The summed E-state index contributed by atoms with van der Waals surface area (Å²) in [4.78, 5) is 0. The van der Waals surface area contributed by atoms with E-state index >= 15 is 0 Å². The molecule has 0 spiro atoms. The maximum Gasteiger partial charge on any atom is 0.168 e. The van der Waals surface area contributed by atoms with Gasteiger partial charge in [-0.2, -0.15) is 12.6 Å². The highest BCUT2D eigenvalue weighted by atomic mass is 32.1. The van der Waals surface area contributed by atoms with Crippen LogP contribution in [0.3, 0.4) is 0 Å². The molecule has 6 heteroatoms. The van der Waals surface area contributed by atoms with Gasteiger partial charge >= 0.3 is 0 Å². The quantitative estimate of drug-likeness (QED) is 0.195. The van der Waals surface area contributed by atoms with Crippen molar-refractivity contribution in [1.29, 1.82) is 0 Å². The Morgan fingerprint density at radius 2 is 1.57 bits per heavy atom. The summed E-state index contributed by atoms with van der Waals surface area (Å²) in [5.74, 6) is 1.51. The molecule has 0 aromatic heterocycles. The third-order valence-electron chi connectivity index (χ3n) is 6.03. The number of hydrogen-bond acceptors (Lipinski definition) is 5. The molecule has 4 atom stereocenters. The van der Waals surface area contributed by atoms with Gasteiger partial charge in [0, 0.05) is 20.0 Å².